The first-order chi connectivity index (χ1) is 7.06. The van der Waals surface area contributed by atoms with Gasteiger partial charge in [-0.15, -0.1) is 0 Å². The van der Waals surface area contributed by atoms with Gasteiger partial charge in [-0.2, -0.15) is 0 Å². The van der Waals surface area contributed by atoms with E-state index in [1.54, 1.807) is 0 Å². The second kappa shape index (κ2) is 8.45. The van der Waals surface area contributed by atoms with E-state index in [9.17, 15) is 9.59 Å². The molecule has 0 aliphatic carbocycles. The van der Waals surface area contributed by atoms with Gasteiger partial charge in [0.05, 0.1) is 6.61 Å². The normalized spacial score (nSPS) is 12.2. The summed E-state index contributed by atoms with van der Waals surface area (Å²) in [6, 6.07) is 0. The Balaban J connectivity index is 3.53. The minimum absolute atomic E-state index is 0.142. The minimum Gasteiger partial charge on any atom is -0.466 e. The quantitative estimate of drug-likeness (QED) is 0.461. The van der Waals surface area contributed by atoms with Gasteiger partial charge in [-0.05, 0) is 12.3 Å². The van der Waals surface area contributed by atoms with Crippen molar-refractivity contribution in [1.29, 1.82) is 0 Å². The van der Waals surface area contributed by atoms with E-state index in [0.29, 0.717) is 19.4 Å². The number of hydrogen-bond donors (Lipinski definition) is 0. The monoisotopic (exact) mass is 214 g/mol. The molecule has 0 aromatic rings. The first kappa shape index (κ1) is 14.1. The van der Waals surface area contributed by atoms with Crippen molar-refractivity contribution in [1.82, 2.24) is 0 Å². The largest absolute Gasteiger partial charge is 0.466 e. The Hall–Kier alpha value is -0.860. The highest BCUT2D eigenvalue weighted by Crippen LogP contribution is 2.08. The molecule has 0 saturated heterocycles. The molecular formula is C12H22O3. The molecule has 88 valence electrons. The van der Waals surface area contributed by atoms with Crippen molar-refractivity contribution in [3.05, 3.63) is 0 Å². The van der Waals surface area contributed by atoms with Crippen molar-refractivity contribution in [3.63, 3.8) is 0 Å². The first-order valence-electron chi connectivity index (χ1n) is 5.71. The summed E-state index contributed by atoms with van der Waals surface area (Å²) >= 11 is 0. The maximum atomic E-state index is 11.4. The maximum absolute atomic E-state index is 11.4. The lowest BCUT2D eigenvalue weighted by Crippen LogP contribution is -2.13. The van der Waals surface area contributed by atoms with Crippen LogP contribution in [0.2, 0.25) is 0 Å². The summed E-state index contributed by atoms with van der Waals surface area (Å²) in [5, 5.41) is 0. The molecule has 0 aromatic carbocycles. The Kier molecular flexibility index (Phi) is 7.96. The highest BCUT2D eigenvalue weighted by atomic mass is 16.5. The molecule has 3 nitrogen and oxygen atoms in total. The predicted molar refractivity (Wildman–Crippen MR) is 59.6 cm³/mol. The Morgan fingerprint density at radius 2 is 1.93 bits per heavy atom. The van der Waals surface area contributed by atoms with E-state index >= 15 is 0 Å². The lowest BCUT2D eigenvalue weighted by molar-refractivity contribution is -0.142. The average Bonchev–Trinajstić information content (AvgIpc) is 2.15. The summed E-state index contributed by atoms with van der Waals surface area (Å²) in [7, 11) is 0. The number of unbranched alkanes of at least 4 members (excludes halogenated alkanes) is 2. The SMILES string of the molecule is CCCCCC(=O)CC(C)COC(C)=O. The molecule has 0 rings (SSSR count). The third-order valence-electron chi connectivity index (χ3n) is 2.21. The molecule has 0 radical (unpaired) electrons. The molecule has 0 aliphatic rings. The Morgan fingerprint density at radius 1 is 1.27 bits per heavy atom. The highest BCUT2D eigenvalue weighted by Gasteiger charge is 2.10. The van der Waals surface area contributed by atoms with Gasteiger partial charge in [-0.1, -0.05) is 26.7 Å². The number of ketones is 1. The van der Waals surface area contributed by atoms with E-state index in [4.69, 9.17) is 4.74 Å². The van der Waals surface area contributed by atoms with Crippen LogP contribution < -0.4 is 0 Å². The number of Topliss-reactive ketones (excluding diaryl/α,β-unsaturated/α-hetero) is 1. The Bertz CT molecular complexity index is 199. The zero-order chi connectivity index (χ0) is 11.7. The lowest BCUT2D eigenvalue weighted by atomic mass is 10.0. The molecule has 0 heterocycles. The van der Waals surface area contributed by atoms with Crippen molar-refractivity contribution in [2.75, 3.05) is 6.61 Å². The molecule has 0 saturated carbocycles. The predicted octanol–water partition coefficient (Wildman–Crippen LogP) is 2.73. The van der Waals surface area contributed by atoms with Crippen LogP contribution in [-0.2, 0) is 14.3 Å². The van der Waals surface area contributed by atoms with Gasteiger partial charge in [0.2, 0.25) is 0 Å². The molecule has 0 fully saturated rings. The topological polar surface area (TPSA) is 43.4 Å². The highest BCUT2D eigenvalue weighted by molar-refractivity contribution is 5.78. The molecule has 15 heavy (non-hydrogen) atoms. The van der Waals surface area contributed by atoms with Gasteiger partial charge in [0.1, 0.15) is 5.78 Å². The van der Waals surface area contributed by atoms with Crippen LogP contribution in [0.25, 0.3) is 0 Å². The van der Waals surface area contributed by atoms with Crippen molar-refractivity contribution < 1.29 is 14.3 Å². The zero-order valence-electron chi connectivity index (χ0n) is 10.0. The molecule has 0 N–H and O–H groups in total. The van der Waals surface area contributed by atoms with Crippen LogP contribution in [0.3, 0.4) is 0 Å². The average molecular weight is 214 g/mol. The van der Waals surface area contributed by atoms with E-state index in [1.807, 2.05) is 6.92 Å². The fourth-order valence-electron chi connectivity index (χ4n) is 1.38. The van der Waals surface area contributed by atoms with Crippen LogP contribution in [0, 0.1) is 5.92 Å². The van der Waals surface area contributed by atoms with Crippen LogP contribution in [0.4, 0.5) is 0 Å². The number of carbonyl (C=O) groups is 2. The molecule has 1 unspecified atom stereocenters. The smallest absolute Gasteiger partial charge is 0.302 e. The first-order valence-corrected chi connectivity index (χ1v) is 5.71. The summed E-state index contributed by atoms with van der Waals surface area (Å²) < 4.78 is 4.84. The summed E-state index contributed by atoms with van der Waals surface area (Å²) in [5.74, 6) is 0.145. The molecule has 0 spiro atoms. The molecule has 0 aromatic heterocycles. The fourth-order valence-corrected chi connectivity index (χ4v) is 1.38. The van der Waals surface area contributed by atoms with E-state index in [0.717, 1.165) is 19.3 Å². The standard InChI is InChI=1S/C12H22O3/c1-4-5-6-7-12(14)8-10(2)9-15-11(3)13/h10H,4-9H2,1-3H3. The van der Waals surface area contributed by atoms with Gasteiger partial charge in [0.25, 0.3) is 0 Å². The van der Waals surface area contributed by atoms with Gasteiger partial charge in [0, 0.05) is 19.8 Å². The van der Waals surface area contributed by atoms with E-state index in [2.05, 4.69) is 6.92 Å². The van der Waals surface area contributed by atoms with Crippen LogP contribution in [0.1, 0.15) is 52.9 Å². The summed E-state index contributed by atoms with van der Waals surface area (Å²) in [6.45, 7) is 5.79. The van der Waals surface area contributed by atoms with Crippen molar-refractivity contribution in [2.45, 2.75) is 52.9 Å². The molecular weight excluding hydrogens is 192 g/mol. The summed E-state index contributed by atoms with van der Waals surface area (Å²) in [4.78, 5) is 22.0. The molecule has 0 aliphatic heterocycles. The summed E-state index contributed by atoms with van der Waals surface area (Å²) in [6.07, 6.45) is 4.42. The maximum Gasteiger partial charge on any atom is 0.302 e. The Morgan fingerprint density at radius 3 is 2.47 bits per heavy atom. The van der Waals surface area contributed by atoms with Gasteiger partial charge in [0.15, 0.2) is 0 Å². The number of ether oxygens (including phenoxy) is 1. The van der Waals surface area contributed by atoms with E-state index in [-0.39, 0.29) is 17.7 Å². The van der Waals surface area contributed by atoms with Gasteiger partial charge in [-0.3, -0.25) is 9.59 Å². The molecule has 0 amide bonds. The van der Waals surface area contributed by atoms with Crippen molar-refractivity contribution in [3.8, 4) is 0 Å². The van der Waals surface area contributed by atoms with Gasteiger partial charge < -0.3 is 4.74 Å². The minimum atomic E-state index is -0.278. The fraction of sp³-hybridized carbons (Fsp3) is 0.833. The zero-order valence-corrected chi connectivity index (χ0v) is 10.0. The lowest BCUT2D eigenvalue weighted by Gasteiger charge is -2.09. The van der Waals surface area contributed by atoms with Gasteiger partial charge in [-0.25, -0.2) is 0 Å². The van der Waals surface area contributed by atoms with Crippen LogP contribution in [0.5, 0.6) is 0 Å². The number of rotatable bonds is 8. The molecule has 3 heteroatoms. The van der Waals surface area contributed by atoms with Crippen LogP contribution in [0.15, 0.2) is 0 Å². The third-order valence-corrected chi connectivity index (χ3v) is 2.21. The van der Waals surface area contributed by atoms with Gasteiger partial charge >= 0.3 is 5.97 Å². The van der Waals surface area contributed by atoms with Crippen LogP contribution >= 0.6 is 0 Å². The number of esters is 1. The van der Waals surface area contributed by atoms with E-state index < -0.39 is 0 Å². The van der Waals surface area contributed by atoms with Crippen molar-refractivity contribution >= 4 is 11.8 Å². The number of carbonyl (C=O) groups excluding carboxylic acids is 2. The van der Waals surface area contributed by atoms with Crippen molar-refractivity contribution in [2.24, 2.45) is 5.92 Å². The van der Waals surface area contributed by atoms with Crippen LogP contribution in [-0.4, -0.2) is 18.4 Å². The van der Waals surface area contributed by atoms with E-state index in [1.165, 1.54) is 6.92 Å². The summed E-state index contributed by atoms with van der Waals surface area (Å²) in [5.41, 5.74) is 0. The number of hydrogen-bond acceptors (Lipinski definition) is 3. The second-order valence-electron chi connectivity index (χ2n) is 4.11. The second-order valence-corrected chi connectivity index (χ2v) is 4.11. The molecule has 1 atom stereocenters. The Labute approximate surface area is 92.2 Å². The molecule has 0 bridgehead atoms. The third kappa shape index (κ3) is 9.44.